The van der Waals surface area contributed by atoms with Crippen LogP contribution in [-0.4, -0.2) is 55.2 Å². The maximum absolute atomic E-state index is 13.5. The molecule has 4 rings (SSSR count). The third-order valence-electron chi connectivity index (χ3n) is 5.80. The number of rotatable bonds is 6. The van der Waals surface area contributed by atoms with Gasteiger partial charge in [0, 0.05) is 31.7 Å². The second-order valence-corrected chi connectivity index (χ2v) is 8.99. The summed E-state index contributed by atoms with van der Waals surface area (Å²) in [6.45, 7) is 11.3. The number of morpholine rings is 1. The van der Waals surface area contributed by atoms with Crippen molar-refractivity contribution in [1.82, 2.24) is 9.88 Å². The molecule has 5 nitrogen and oxygen atoms in total. The van der Waals surface area contributed by atoms with Crippen molar-refractivity contribution in [3.8, 4) is 0 Å². The number of hydrogen-bond donors (Lipinski definition) is 0. The number of aromatic nitrogens is 1. The Bertz CT molecular complexity index is 1050. The van der Waals surface area contributed by atoms with Crippen LogP contribution < -0.4 is 4.90 Å². The molecule has 0 N–H and O–H groups in total. The summed E-state index contributed by atoms with van der Waals surface area (Å²) in [5, 5.41) is 0.782. The topological polar surface area (TPSA) is 45.7 Å². The number of aryl methyl sites for hydroxylation is 3. The number of halogens is 1. The molecule has 1 aliphatic rings. The Morgan fingerprint density at radius 2 is 1.87 bits per heavy atom. The van der Waals surface area contributed by atoms with E-state index in [0.717, 1.165) is 71.3 Å². The summed E-state index contributed by atoms with van der Waals surface area (Å²) in [5.74, 6) is 0.0248. The van der Waals surface area contributed by atoms with Gasteiger partial charge in [0.25, 0.3) is 5.91 Å². The van der Waals surface area contributed by atoms with E-state index in [1.165, 1.54) is 5.56 Å². The van der Waals surface area contributed by atoms with Gasteiger partial charge in [0.05, 0.1) is 23.4 Å². The lowest BCUT2D eigenvalue weighted by atomic mass is 10.1. The zero-order valence-electron chi connectivity index (χ0n) is 18.4. The lowest BCUT2D eigenvalue weighted by Crippen LogP contribution is -2.39. The first-order chi connectivity index (χ1) is 14.5. The second-order valence-electron chi connectivity index (χ2n) is 7.98. The minimum atomic E-state index is 0. The highest BCUT2D eigenvalue weighted by Gasteiger charge is 2.22. The molecule has 166 valence electrons. The molecule has 0 aliphatic carbocycles. The molecular formula is C24H30ClN3O2S. The predicted octanol–water partition coefficient (Wildman–Crippen LogP) is 5.01. The molecule has 7 heteroatoms. The highest BCUT2D eigenvalue weighted by atomic mass is 35.5. The van der Waals surface area contributed by atoms with E-state index in [1.807, 2.05) is 29.2 Å². The van der Waals surface area contributed by atoms with E-state index in [2.05, 4.69) is 37.8 Å². The number of amides is 1. The van der Waals surface area contributed by atoms with Gasteiger partial charge in [0.1, 0.15) is 0 Å². The molecule has 1 fully saturated rings. The smallest absolute Gasteiger partial charge is 0.260 e. The zero-order valence-corrected chi connectivity index (χ0v) is 20.0. The average molecular weight is 460 g/mol. The molecule has 1 saturated heterocycles. The zero-order chi connectivity index (χ0) is 21.1. The van der Waals surface area contributed by atoms with Crippen molar-refractivity contribution in [1.29, 1.82) is 0 Å². The third kappa shape index (κ3) is 5.44. The number of para-hydroxylation sites is 1. The SMILES string of the molecule is Cc1ccc(C(=O)N(CCCN2CCOCC2)c2nc3c(C)cccc3s2)cc1C.Cl. The second kappa shape index (κ2) is 10.6. The molecule has 2 heterocycles. The summed E-state index contributed by atoms with van der Waals surface area (Å²) in [5.41, 5.74) is 5.18. The Kier molecular flexibility index (Phi) is 8.06. The van der Waals surface area contributed by atoms with Crippen molar-refractivity contribution in [3.63, 3.8) is 0 Å². The van der Waals surface area contributed by atoms with Crippen molar-refractivity contribution in [2.45, 2.75) is 27.2 Å². The lowest BCUT2D eigenvalue weighted by Gasteiger charge is -2.27. The summed E-state index contributed by atoms with van der Waals surface area (Å²) in [4.78, 5) is 22.6. The normalized spacial score (nSPS) is 14.4. The molecule has 0 saturated carbocycles. The van der Waals surface area contributed by atoms with Crippen molar-refractivity contribution < 1.29 is 9.53 Å². The fourth-order valence-corrected chi connectivity index (χ4v) is 4.85. The predicted molar refractivity (Wildman–Crippen MR) is 131 cm³/mol. The van der Waals surface area contributed by atoms with Crippen LogP contribution in [0.1, 0.15) is 33.5 Å². The van der Waals surface area contributed by atoms with Gasteiger partial charge in [-0.15, -0.1) is 12.4 Å². The van der Waals surface area contributed by atoms with E-state index in [-0.39, 0.29) is 18.3 Å². The standard InChI is InChI=1S/C24H29N3O2S.ClH/c1-17-8-9-20(16-19(17)3)23(28)27(11-5-10-26-12-14-29-15-13-26)24-25-22-18(2)6-4-7-21(22)30-24;/h4,6-9,16H,5,10-15H2,1-3H3;1H. The first-order valence-electron chi connectivity index (χ1n) is 10.6. The van der Waals surface area contributed by atoms with Gasteiger partial charge in [-0.25, -0.2) is 4.98 Å². The van der Waals surface area contributed by atoms with E-state index < -0.39 is 0 Å². The van der Waals surface area contributed by atoms with Crippen LogP contribution in [-0.2, 0) is 4.74 Å². The maximum atomic E-state index is 13.5. The fraction of sp³-hybridized carbons (Fsp3) is 0.417. The van der Waals surface area contributed by atoms with Gasteiger partial charge in [0.15, 0.2) is 5.13 Å². The van der Waals surface area contributed by atoms with E-state index >= 15 is 0 Å². The van der Waals surface area contributed by atoms with Gasteiger partial charge < -0.3 is 4.74 Å². The van der Waals surface area contributed by atoms with Crippen LogP contribution in [0, 0.1) is 20.8 Å². The Morgan fingerprint density at radius 3 is 2.58 bits per heavy atom. The number of carbonyl (C=O) groups excluding carboxylic acids is 1. The maximum Gasteiger partial charge on any atom is 0.260 e. The van der Waals surface area contributed by atoms with E-state index in [4.69, 9.17) is 9.72 Å². The van der Waals surface area contributed by atoms with Gasteiger partial charge in [-0.05, 0) is 62.1 Å². The van der Waals surface area contributed by atoms with Gasteiger partial charge in [-0.2, -0.15) is 0 Å². The van der Waals surface area contributed by atoms with Crippen molar-refractivity contribution in [2.75, 3.05) is 44.3 Å². The summed E-state index contributed by atoms with van der Waals surface area (Å²) < 4.78 is 6.57. The van der Waals surface area contributed by atoms with Crippen LogP contribution in [0.25, 0.3) is 10.2 Å². The molecule has 0 radical (unpaired) electrons. The van der Waals surface area contributed by atoms with Crippen molar-refractivity contribution in [2.24, 2.45) is 0 Å². The molecule has 1 aliphatic heterocycles. The van der Waals surface area contributed by atoms with Crippen LogP contribution in [0.15, 0.2) is 36.4 Å². The Morgan fingerprint density at radius 1 is 1.10 bits per heavy atom. The minimum Gasteiger partial charge on any atom is -0.379 e. The van der Waals surface area contributed by atoms with Crippen molar-refractivity contribution in [3.05, 3.63) is 58.7 Å². The number of thiazole rings is 1. The highest BCUT2D eigenvalue weighted by Crippen LogP contribution is 2.31. The van der Waals surface area contributed by atoms with Gasteiger partial charge in [0.2, 0.25) is 0 Å². The van der Waals surface area contributed by atoms with Gasteiger partial charge in [-0.3, -0.25) is 14.6 Å². The highest BCUT2D eigenvalue weighted by molar-refractivity contribution is 7.22. The van der Waals surface area contributed by atoms with E-state index in [9.17, 15) is 4.79 Å². The summed E-state index contributed by atoms with van der Waals surface area (Å²) in [6.07, 6.45) is 0.908. The quantitative estimate of drug-likeness (QED) is 0.519. The number of fused-ring (bicyclic) bond motifs is 1. The largest absolute Gasteiger partial charge is 0.379 e. The number of carbonyl (C=O) groups is 1. The summed E-state index contributed by atoms with van der Waals surface area (Å²) in [7, 11) is 0. The molecule has 31 heavy (non-hydrogen) atoms. The molecular weight excluding hydrogens is 430 g/mol. The summed E-state index contributed by atoms with van der Waals surface area (Å²) >= 11 is 1.60. The van der Waals surface area contributed by atoms with Crippen LogP contribution in [0.4, 0.5) is 5.13 Å². The van der Waals surface area contributed by atoms with E-state index in [0.29, 0.717) is 6.54 Å². The number of benzene rings is 2. The summed E-state index contributed by atoms with van der Waals surface area (Å²) in [6, 6.07) is 12.1. The average Bonchev–Trinajstić information content (AvgIpc) is 3.19. The number of anilines is 1. The Balaban J connectivity index is 0.00000272. The monoisotopic (exact) mass is 459 g/mol. The molecule has 1 aromatic heterocycles. The van der Waals surface area contributed by atoms with Gasteiger partial charge >= 0.3 is 0 Å². The van der Waals surface area contributed by atoms with Crippen LogP contribution in [0.5, 0.6) is 0 Å². The molecule has 0 bridgehead atoms. The van der Waals surface area contributed by atoms with Gasteiger partial charge in [-0.1, -0.05) is 29.5 Å². The molecule has 0 atom stereocenters. The number of nitrogens with zero attached hydrogens (tertiary/aromatic N) is 3. The Labute approximate surface area is 194 Å². The minimum absolute atomic E-state index is 0. The number of ether oxygens (including phenoxy) is 1. The molecule has 1 amide bonds. The molecule has 2 aromatic carbocycles. The van der Waals surface area contributed by atoms with Crippen LogP contribution in [0.2, 0.25) is 0 Å². The molecule has 3 aromatic rings. The first-order valence-corrected chi connectivity index (χ1v) is 11.4. The lowest BCUT2D eigenvalue weighted by molar-refractivity contribution is 0.0376. The van der Waals surface area contributed by atoms with E-state index in [1.54, 1.807) is 11.3 Å². The fourth-order valence-electron chi connectivity index (χ4n) is 3.78. The molecule has 0 spiro atoms. The Hall–Kier alpha value is -1.99. The third-order valence-corrected chi connectivity index (χ3v) is 6.84. The molecule has 0 unspecified atom stereocenters. The van der Waals surface area contributed by atoms with Crippen LogP contribution in [0.3, 0.4) is 0 Å². The van der Waals surface area contributed by atoms with Crippen LogP contribution >= 0.6 is 23.7 Å². The van der Waals surface area contributed by atoms with Crippen molar-refractivity contribution >= 4 is 45.0 Å². The first kappa shape index (κ1) is 23.7. The number of hydrogen-bond acceptors (Lipinski definition) is 5.